The van der Waals surface area contributed by atoms with Crippen molar-refractivity contribution in [2.45, 2.75) is 0 Å². The molecule has 0 saturated heterocycles. The third-order valence-electron chi connectivity index (χ3n) is 13.4. The molecule has 0 aliphatic carbocycles. The van der Waals surface area contributed by atoms with Crippen LogP contribution in [0.3, 0.4) is 0 Å². The zero-order valence-corrected chi connectivity index (χ0v) is 33.9. The van der Waals surface area contributed by atoms with Crippen molar-refractivity contribution in [2.24, 2.45) is 0 Å². The van der Waals surface area contributed by atoms with Crippen molar-refractivity contribution >= 4 is 124 Å². The lowest BCUT2D eigenvalue weighted by Gasteiger charge is -2.11. The van der Waals surface area contributed by atoms with E-state index in [4.69, 9.17) is 9.97 Å². The first-order valence-corrected chi connectivity index (χ1v) is 21.9. The standard InChI is InChI=1S/C56H31N5S/c1-2-15-34(16-3-1)59-42-22-10-6-18-36(42)40-30-33(27-28-45(40)59)53-51-39-21-9-13-25-48(39)62-55(51)58-56(57-53)61-44-24-12-8-20-38(44)50-47(61)31-41-37-19-7-11-23-43(37)60-46-29-26-32-14-4-5-17-35(32)49(46)52(50)54(41)60/h1-31H. The molecule has 0 fully saturated rings. The number of nitrogens with zero attached hydrogens (tertiary/aromatic N) is 5. The van der Waals surface area contributed by atoms with Crippen molar-refractivity contribution in [1.29, 1.82) is 0 Å². The van der Waals surface area contributed by atoms with Crippen molar-refractivity contribution in [1.82, 2.24) is 23.5 Å². The zero-order chi connectivity index (χ0) is 40.2. The molecule has 0 aliphatic heterocycles. The maximum atomic E-state index is 5.73. The lowest BCUT2D eigenvalue weighted by molar-refractivity contribution is 1.02. The third kappa shape index (κ3) is 4.12. The molecule has 15 aromatic rings. The van der Waals surface area contributed by atoms with Gasteiger partial charge in [0.2, 0.25) is 5.95 Å². The fourth-order valence-corrected chi connectivity index (χ4v) is 12.0. The summed E-state index contributed by atoms with van der Waals surface area (Å²) in [7, 11) is 0. The molecule has 6 heterocycles. The minimum absolute atomic E-state index is 0.670. The molecule has 0 atom stereocenters. The van der Waals surface area contributed by atoms with E-state index < -0.39 is 0 Å². The van der Waals surface area contributed by atoms with E-state index in [1.807, 2.05) is 0 Å². The van der Waals surface area contributed by atoms with Gasteiger partial charge < -0.3 is 8.97 Å². The van der Waals surface area contributed by atoms with Crippen molar-refractivity contribution in [3.8, 4) is 22.9 Å². The van der Waals surface area contributed by atoms with E-state index in [9.17, 15) is 0 Å². The van der Waals surface area contributed by atoms with Gasteiger partial charge >= 0.3 is 0 Å². The molecule has 0 bridgehead atoms. The van der Waals surface area contributed by atoms with Crippen molar-refractivity contribution < 1.29 is 0 Å². The summed E-state index contributed by atoms with van der Waals surface area (Å²) in [6, 6.07) is 68.4. The molecule has 15 rings (SSSR count). The first kappa shape index (κ1) is 32.8. The Morgan fingerprint density at radius 3 is 1.84 bits per heavy atom. The predicted octanol–water partition coefficient (Wildman–Crippen LogP) is 15.0. The molecule has 6 heteroatoms. The molecule has 6 aromatic heterocycles. The van der Waals surface area contributed by atoms with Crippen LogP contribution in [0.1, 0.15) is 0 Å². The zero-order valence-electron chi connectivity index (χ0n) is 33.0. The topological polar surface area (TPSA) is 40.0 Å². The van der Waals surface area contributed by atoms with E-state index in [0.717, 1.165) is 38.2 Å². The highest BCUT2D eigenvalue weighted by Crippen LogP contribution is 2.49. The van der Waals surface area contributed by atoms with E-state index >= 15 is 0 Å². The normalized spacial score (nSPS) is 12.5. The number of hydrogen-bond donors (Lipinski definition) is 0. The monoisotopic (exact) mass is 805 g/mol. The van der Waals surface area contributed by atoms with Crippen LogP contribution in [-0.2, 0) is 0 Å². The smallest absolute Gasteiger partial charge is 0.236 e. The Morgan fingerprint density at radius 1 is 0.371 bits per heavy atom. The molecule has 9 aromatic carbocycles. The maximum absolute atomic E-state index is 5.73. The fraction of sp³-hybridized carbons (Fsp3) is 0. The first-order chi connectivity index (χ1) is 30.8. The summed E-state index contributed by atoms with van der Waals surface area (Å²) < 4.78 is 8.40. The van der Waals surface area contributed by atoms with Crippen LogP contribution in [0.25, 0.3) is 136 Å². The van der Waals surface area contributed by atoms with Gasteiger partial charge in [0.25, 0.3) is 0 Å². The second kappa shape index (κ2) is 11.8. The molecule has 62 heavy (non-hydrogen) atoms. The quantitative estimate of drug-likeness (QED) is 0.178. The number of para-hydroxylation sites is 4. The van der Waals surface area contributed by atoms with Gasteiger partial charge in [0.05, 0.1) is 44.3 Å². The number of rotatable bonds is 3. The highest BCUT2D eigenvalue weighted by Gasteiger charge is 2.27. The van der Waals surface area contributed by atoms with Gasteiger partial charge in [-0.2, -0.15) is 0 Å². The van der Waals surface area contributed by atoms with Gasteiger partial charge in [0.15, 0.2) is 0 Å². The second-order valence-electron chi connectivity index (χ2n) is 16.5. The molecule has 0 radical (unpaired) electrons. The summed E-state index contributed by atoms with van der Waals surface area (Å²) in [6.45, 7) is 0. The van der Waals surface area contributed by atoms with Gasteiger partial charge in [-0.15, -0.1) is 11.3 Å². The van der Waals surface area contributed by atoms with Crippen LogP contribution in [0.15, 0.2) is 188 Å². The molecule has 0 unspecified atom stereocenters. The van der Waals surface area contributed by atoms with E-state index in [1.54, 1.807) is 11.3 Å². The lowest BCUT2D eigenvalue weighted by Crippen LogP contribution is -2.02. The lowest BCUT2D eigenvalue weighted by atomic mass is 9.98. The van der Waals surface area contributed by atoms with Crippen molar-refractivity contribution in [3.63, 3.8) is 0 Å². The number of benzene rings is 9. The van der Waals surface area contributed by atoms with E-state index in [-0.39, 0.29) is 0 Å². The van der Waals surface area contributed by atoms with Gasteiger partial charge in [-0.05, 0) is 71.4 Å². The molecular weight excluding hydrogens is 775 g/mol. The maximum Gasteiger partial charge on any atom is 0.236 e. The molecule has 0 saturated carbocycles. The number of aromatic nitrogens is 5. The summed E-state index contributed by atoms with van der Waals surface area (Å²) in [5.74, 6) is 0.670. The number of hydrogen-bond acceptors (Lipinski definition) is 3. The average molecular weight is 806 g/mol. The van der Waals surface area contributed by atoms with Crippen LogP contribution in [0.2, 0.25) is 0 Å². The van der Waals surface area contributed by atoms with E-state index in [2.05, 4.69) is 202 Å². The van der Waals surface area contributed by atoms with Crippen LogP contribution < -0.4 is 0 Å². The second-order valence-corrected chi connectivity index (χ2v) is 17.5. The Balaban J connectivity index is 1.09. The van der Waals surface area contributed by atoms with Gasteiger partial charge in [-0.1, -0.05) is 127 Å². The minimum atomic E-state index is 0.670. The first-order valence-electron chi connectivity index (χ1n) is 21.1. The van der Waals surface area contributed by atoms with Crippen LogP contribution in [-0.4, -0.2) is 23.5 Å². The number of fused-ring (bicyclic) bond motifs is 18. The largest absolute Gasteiger partial charge is 0.309 e. The molecule has 0 aliphatic rings. The predicted molar refractivity (Wildman–Crippen MR) is 261 cm³/mol. The van der Waals surface area contributed by atoms with Crippen LogP contribution in [0.5, 0.6) is 0 Å². The number of thiophene rings is 1. The van der Waals surface area contributed by atoms with Gasteiger partial charge in [-0.25, -0.2) is 9.97 Å². The third-order valence-corrected chi connectivity index (χ3v) is 14.4. The van der Waals surface area contributed by atoms with Crippen LogP contribution in [0.4, 0.5) is 0 Å². The molecule has 0 N–H and O–H groups in total. The van der Waals surface area contributed by atoms with Crippen molar-refractivity contribution in [3.05, 3.63) is 188 Å². The molecule has 0 amide bonds. The Hall–Kier alpha value is -8.06. The molecule has 5 nitrogen and oxygen atoms in total. The SMILES string of the molecule is c1ccc(-n2c3ccccc3c3cc(-c4nc(-n5c6ccccc6c6c7c8c9ccccc9ccc8n8c9ccccc9c(cc65)c78)nc5sc6ccccc6c45)ccc32)cc1. The van der Waals surface area contributed by atoms with Crippen LogP contribution >= 0.6 is 11.3 Å². The van der Waals surface area contributed by atoms with Crippen LogP contribution in [0, 0.1) is 0 Å². The average Bonchev–Trinajstić information content (AvgIpc) is 4.13. The fourth-order valence-electron chi connectivity index (χ4n) is 10.9. The molecule has 286 valence electrons. The highest BCUT2D eigenvalue weighted by molar-refractivity contribution is 7.25. The molecule has 0 spiro atoms. The van der Waals surface area contributed by atoms with Gasteiger partial charge in [0.1, 0.15) is 4.83 Å². The Bertz CT molecular complexity index is 4390. The summed E-state index contributed by atoms with van der Waals surface area (Å²) in [4.78, 5) is 12.3. The Labute approximate surface area is 356 Å². The van der Waals surface area contributed by atoms with Gasteiger partial charge in [0, 0.05) is 69.8 Å². The summed E-state index contributed by atoms with van der Waals surface area (Å²) >= 11 is 1.74. The van der Waals surface area contributed by atoms with Gasteiger partial charge in [-0.3, -0.25) is 4.57 Å². The summed E-state index contributed by atoms with van der Waals surface area (Å²) in [5.41, 5.74) is 11.4. The summed E-state index contributed by atoms with van der Waals surface area (Å²) in [6.07, 6.45) is 0. The van der Waals surface area contributed by atoms with E-state index in [0.29, 0.717) is 5.95 Å². The summed E-state index contributed by atoms with van der Waals surface area (Å²) in [5, 5.41) is 14.6. The van der Waals surface area contributed by atoms with E-state index in [1.165, 1.54) is 91.5 Å². The highest BCUT2D eigenvalue weighted by atomic mass is 32.1. The van der Waals surface area contributed by atoms with Crippen molar-refractivity contribution in [2.75, 3.05) is 0 Å². The molecular formula is C56H31N5S. The minimum Gasteiger partial charge on any atom is -0.309 e. The Kier molecular flexibility index (Phi) is 6.24. The Morgan fingerprint density at radius 2 is 1.00 bits per heavy atom.